The highest BCUT2D eigenvalue weighted by atomic mass is 35.5. The molecule has 1 aromatic carbocycles. The van der Waals surface area contributed by atoms with Gasteiger partial charge in [-0.3, -0.25) is 4.79 Å². The van der Waals surface area contributed by atoms with Crippen LogP contribution < -0.4 is 10.5 Å². The van der Waals surface area contributed by atoms with E-state index >= 15 is 0 Å². The lowest BCUT2D eigenvalue weighted by atomic mass is 10.0. The van der Waals surface area contributed by atoms with E-state index in [4.69, 9.17) is 22.1 Å². The molecule has 1 aliphatic rings. The Morgan fingerprint density at radius 1 is 1.50 bits per heavy atom. The minimum absolute atomic E-state index is 0. The molecule has 2 unspecified atom stereocenters. The number of benzene rings is 1. The molecule has 2 rings (SSSR count). The molecule has 0 bridgehead atoms. The molecular weight excluding hydrogens is 299 g/mol. The third-order valence-electron chi connectivity index (χ3n) is 3.50. The third-order valence-corrected chi connectivity index (χ3v) is 3.75. The Morgan fingerprint density at radius 3 is 2.70 bits per heavy atom. The summed E-state index contributed by atoms with van der Waals surface area (Å²) in [4.78, 5) is 13.8. The van der Waals surface area contributed by atoms with Gasteiger partial charge in [0.25, 0.3) is 5.91 Å². The van der Waals surface area contributed by atoms with Gasteiger partial charge >= 0.3 is 0 Å². The number of rotatable bonds is 4. The van der Waals surface area contributed by atoms with Crippen LogP contribution in [-0.2, 0) is 4.79 Å². The molecule has 0 radical (unpaired) electrons. The Bertz CT molecular complexity index is 437. The first kappa shape index (κ1) is 17.1. The highest BCUT2D eigenvalue weighted by Gasteiger charge is 2.28. The highest BCUT2D eigenvalue weighted by Crippen LogP contribution is 2.19. The molecule has 1 amide bonds. The summed E-state index contributed by atoms with van der Waals surface area (Å²) < 4.78 is 5.45. The molecule has 2 atom stereocenters. The molecule has 0 saturated carbocycles. The van der Waals surface area contributed by atoms with Gasteiger partial charge in [0, 0.05) is 24.2 Å². The van der Waals surface area contributed by atoms with Crippen LogP contribution in [0.15, 0.2) is 24.3 Å². The zero-order valence-corrected chi connectivity index (χ0v) is 13.0. The molecule has 6 heteroatoms. The maximum atomic E-state index is 12.0. The summed E-state index contributed by atoms with van der Waals surface area (Å²) in [7, 11) is 0. The first-order chi connectivity index (χ1) is 9.06. The quantitative estimate of drug-likeness (QED) is 0.927. The van der Waals surface area contributed by atoms with Crippen molar-refractivity contribution in [2.75, 3.05) is 19.7 Å². The van der Waals surface area contributed by atoms with Gasteiger partial charge in [-0.05, 0) is 43.5 Å². The fourth-order valence-corrected chi connectivity index (χ4v) is 2.34. The van der Waals surface area contributed by atoms with Crippen LogP contribution >= 0.6 is 24.0 Å². The summed E-state index contributed by atoms with van der Waals surface area (Å²) in [6.07, 6.45) is 0.977. The molecule has 1 aromatic rings. The molecule has 1 saturated heterocycles. The second-order valence-electron chi connectivity index (χ2n) is 4.99. The van der Waals surface area contributed by atoms with Crippen molar-refractivity contribution in [1.29, 1.82) is 0 Å². The number of nitrogens with zero attached hydrogens (tertiary/aromatic N) is 1. The van der Waals surface area contributed by atoms with Crippen LogP contribution in [-0.4, -0.2) is 36.5 Å². The molecule has 1 heterocycles. The summed E-state index contributed by atoms with van der Waals surface area (Å²) in [5.41, 5.74) is 5.86. The molecule has 0 spiro atoms. The second-order valence-corrected chi connectivity index (χ2v) is 5.43. The zero-order chi connectivity index (χ0) is 13.8. The minimum Gasteiger partial charge on any atom is -0.484 e. The van der Waals surface area contributed by atoms with E-state index in [1.165, 1.54) is 0 Å². The summed E-state index contributed by atoms with van der Waals surface area (Å²) in [5, 5.41) is 0.651. The SMILES string of the molecule is CC(N)C1CCN(C(=O)COc2ccc(Cl)cc2)C1.Cl. The number of likely N-dealkylation sites (tertiary alicyclic amines) is 1. The third kappa shape index (κ3) is 4.54. The lowest BCUT2D eigenvalue weighted by Gasteiger charge is -2.18. The smallest absolute Gasteiger partial charge is 0.260 e. The van der Waals surface area contributed by atoms with Crippen molar-refractivity contribution >= 4 is 29.9 Å². The van der Waals surface area contributed by atoms with Gasteiger partial charge in [-0.15, -0.1) is 12.4 Å². The summed E-state index contributed by atoms with van der Waals surface area (Å²) >= 11 is 5.78. The Kier molecular flexibility index (Phi) is 6.59. The number of halogens is 2. The predicted molar refractivity (Wildman–Crippen MR) is 82.5 cm³/mol. The lowest BCUT2D eigenvalue weighted by molar-refractivity contribution is -0.132. The normalized spacial score (nSPS) is 19.4. The number of carbonyl (C=O) groups excluding carboxylic acids is 1. The van der Waals surface area contributed by atoms with E-state index < -0.39 is 0 Å². The number of ether oxygens (including phenoxy) is 1. The van der Waals surface area contributed by atoms with Gasteiger partial charge < -0.3 is 15.4 Å². The van der Waals surface area contributed by atoms with Crippen LogP contribution in [0, 0.1) is 5.92 Å². The van der Waals surface area contributed by atoms with Gasteiger partial charge in [-0.2, -0.15) is 0 Å². The first-order valence-electron chi connectivity index (χ1n) is 6.48. The summed E-state index contributed by atoms with van der Waals surface area (Å²) in [6, 6.07) is 7.12. The molecule has 1 fully saturated rings. The van der Waals surface area contributed by atoms with Gasteiger partial charge in [0.2, 0.25) is 0 Å². The largest absolute Gasteiger partial charge is 0.484 e. The number of hydrogen-bond donors (Lipinski definition) is 1. The fourth-order valence-electron chi connectivity index (χ4n) is 2.21. The maximum absolute atomic E-state index is 12.0. The van der Waals surface area contributed by atoms with E-state index in [2.05, 4.69) is 0 Å². The van der Waals surface area contributed by atoms with Crippen molar-refractivity contribution in [3.63, 3.8) is 0 Å². The standard InChI is InChI=1S/C14H19ClN2O2.ClH/c1-10(16)11-6-7-17(8-11)14(18)9-19-13-4-2-12(15)3-5-13;/h2-5,10-11H,6-9,16H2,1H3;1H. The zero-order valence-electron chi connectivity index (χ0n) is 11.4. The van der Waals surface area contributed by atoms with Gasteiger partial charge in [0.15, 0.2) is 6.61 Å². The predicted octanol–water partition coefficient (Wildman–Crippen LogP) is 2.34. The van der Waals surface area contributed by atoms with Crippen molar-refractivity contribution in [2.45, 2.75) is 19.4 Å². The molecule has 112 valence electrons. The average Bonchev–Trinajstić information content (AvgIpc) is 2.87. The van der Waals surface area contributed by atoms with Crippen molar-refractivity contribution < 1.29 is 9.53 Å². The fraction of sp³-hybridized carbons (Fsp3) is 0.500. The topological polar surface area (TPSA) is 55.6 Å². The Hall–Kier alpha value is -0.970. The number of amides is 1. The average molecular weight is 319 g/mol. The molecular formula is C14H20Cl2N2O2. The van der Waals surface area contributed by atoms with Gasteiger partial charge in [-0.1, -0.05) is 11.6 Å². The Labute approximate surface area is 130 Å². The molecule has 1 aliphatic heterocycles. The molecule has 4 nitrogen and oxygen atoms in total. The molecule has 2 N–H and O–H groups in total. The van der Waals surface area contributed by atoms with Crippen LogP contribution in [0.5, 0.6) is 5.75 Å². The van der Waals surface area contributed by atoms with Crippen LogP contribution in [0.4, 0.5) is 0 Å². The van der Waals surface area contributed by atoms with Gasteiger partial charge in [0.1, 0.15) is 5.75 Å². The van der Waals surface area contributed by atoms with E-state index in [0.29, 0.717) is 16.7 Å². The van der Waals surface area contributed by atoms with Crippen LogP contribution in [0.3, 0.4) is 0 Å². The molecule has 20 heavy (non-hydrogen) atoms. The number of carbonyl (C=O) groups is 1. The van der Waals surface area contributed by atoms with E-state index in [-0.39, 0.29) is 31.0 Å². The van der Waals surface area contributed by atoms with Crippen LogP contribution in [0.2, 0.25) is 5.02 Å². The summed E-state index contributed by atoms with van der Waals surface area (Å²) in [6.45, 7) is 3.56. The Morgan fingerprint density at radius 2 is 2.15 bits per heavy atom. The number of hydrogen-bond acceptors (Lipinski definition) is 3. The van der Waals surface area contributed by atoms with E-state index in [0.717, 1.165) is 19.5 Å². The van der Waals surface area contributed by atoms with Crippen LogP contribution in [0.25, 0.3) is 0 Å². The van der Waals surface area contributed by atoms with E-state index in [9.17, 15) is 4.79 Å². The van der Waals surface area contributed by atoms with Crippen molar-refractivity contribution in [3.8, 4) is 5.75 Å². The molecule has 0 aliphatic carbocycles. The molecule has 0 aromatic heterocycles. The maximum Gasteiger partial charge on any atom is 0.260 e. The number of nitrogens with two attached hydrogens (primary N) is 1. The van der Waals surface area contributed by atoms with Crippen molar-refractivity contribution in [1.82, 2.24) is 4.90 Å². The van der Waals surface area contributed by atoms with Crippen LogP contribution in [0.1, 0.15) is 13.3 Å². The van der Waals surface area contributed by atoms with Gasteiger partial charge in [0.05, 0.1) is 0 Å². The van der Waals surface area contributed by atoms with E-state index in [1.807, 2.05) is 11.8 Å². The highest BCUT2D eigenvalue weighted by molar-refractivity contribution is 6.30. The summed E-state index contributed by atoms with van der Waals surface area (Å²) in [5.74, 6) is 1.07. The monoisotopic (exact) mass is 318 g/mol. The second kappa shape index (κ2) is 7.72. The van der Waals surface area contributed by atoms with E-state index in [1.54, 1.807) is 24.3 Å². The minimum atomic E-state index is 0. The van der Waals surface area contributed by atoms with Crippen molar-refractivity contribution in [2.24, 2.45) is 11.7 Å². The Balaban J connectivity index is 0.00000200. The lowest BCUT2D eigenvalue weighted by Crippen LogP contribution is -2.35. The van der Waals surface area contributed by atoms with Crippen molar-refractivity contribution in [3.05, 3.63) is 29.3 Å². The first-order valence-corrected chi connectivity index (χ1v) is 6.86. The van der Waals surface area contributed by atoms with Gasteiger partial charge in [-0.25, -0.2) is 0 Å².